The van der Waals surface area contributed by atoms with Gasteiger partial charge in [-0.2, -0.15) is 0 Å². The highest BCUT2D eigenvalue weighted by molar-refractivity contribution is 5.12. The van der Waals surface area contributed by atoms with E-state index in [9.17, 15) is 5.11 Å². The molecule has 0 heterocycles. The van der Waals surface area contributed by atoms with Crippen LogP contribution in [0.4, 0.5) is 0 Å². The number of aliphatic hydroxyl groups is 2. The molecule has 0 aromatic rings. The maximum absolute atomic E-state index is 11.2. The molecule has 4 atom stereocenters. The quantitative estimate of drug-likeness (QED) is 0.674. The van der Waals surface area contributed by atoms with Crippen LogP contribution in [0.2, 0.25) is 0 Å². The Labute approximate surface area is 149 Å². The second-order valence-electron chi connectivity index (χ2n) is 9.51. The molecule has 24 heavy (non-hydrogen) atoms. The number of fused-ring (bicyclic) bond motifs is 1. The molecule has 4 unspecified atom stereocenters. The summed E-state index contributed by atoms with van der Waals surface area (Å²) in [5, 5.41) is 20.0. The number of hydrogen-bond acceptors (Lipinski definition) is 2. The normalized spacial score (nSPS) is 39.9. The smallest absolute Gasteiger partial charge is 0.0653 e. The van der Waals surface area contributed by atoms with E-state index in [4.69, 9.17) is 5.11 Å². The molecule has 0 radical (unpaired) electrons. The predicted molar refractivity (Wildman–Crippen MR) is 102 cm³/mol. The van der Waals surface area contributed by atoms with Gasteiger partial charge < -0.3 is 10.2 Å². The fourth-order valence-electron chi connectivity index (χ4n) is 6.01. The van der Waals surface area contributed by atoms with E-state index in [1.165, 1.54) is 31.3 Å². The SMILES string of the molecule is C/C(=C\C=CCO)CCC1C(C)(O)CCC2C(C)(C)CCCC21C. The lowest BCUT2D eigenvalue weighted by Gasteiger charge is -2.61. The van der Waals surface area contributed by atoms with Crippen molar-refractivity contribution < 1.29 is 10.2 Å². The topological polar surface area (TPSA) is 40.5 Å². The summed E-state index contributed by atoms with van der Waals surface area (Å²) in [6, 6.07) is 0. The summed E-state index contributed by atoms with van der Waals surface area (Å²) < 4.78 is 0. The van der Waals surface area contributed by atoms with Crippen LogP contribution in [0, 0.1) is 22.7 Å². The van der Waals surface area contributed by atoms with E-state index in [0.29, 0.717) is 11.3 Å². The average molecular weight is 335 g/mol. The maximum Gasteiger partial charge on any atom is 0.0653 e. The van der Waals surface area contributed by atoms with Gasteiger partial charge in [0.25, 0.3) is 0 Å². The molecule has 0 aliphatic heterocycles. The minimum Gasteiger partial charge on any atom is -0.392 e. The van der Waals surface area contributed by atoms with E-state index < -0.39 is 5.60 Å². The van der Waals surface area contributed by atoms with E-state index in [-0.39, 0.29) is 12.0 Å². The Balaban J connectivity index is 2.18. The zero-order chi connectivity index (χ0) is 18.0. The third kappa shape index (κ3) is 3.96. The molecule has 2 N–H and O–H groups in total. The average Bonchev–Trinajstić information content (AvgIpc) is 2.45. The third-order valence-electron chi connectivity index (χ3n) is 7.21. The highest BCUT2D eigenvalue weighted by Gasteiger charge is 2.57. The fourth-order valence-corrected chi connectivity index (χ4v) is 6.01. The number of aliphatic hydroxyl groups excluding tert-OH is 1. The summed E-state index contributed by atoms with van der Waals surface area (Å²) in [7, 11) is 0. The van der Waals surface area contributed by atoms with Gasteiger partial charge in [-0.25, -0.2) is 0 Å². The van der Waals surface area contributed by atoms with E-state index in [1.54, 1.807) is 6.08 Å². The van der Waals surface area contributed by atoms with Gasteiger partial charge in [0.1, 0.15) is 0 Å². The zero-order valence-corrected chi connectivity index (χ0v) is 16.4. The van der Waals surface area contributed by atoms with Crippen molar-refractivity contribution in [1.82, 2.24) is 0 Å². The molecule has 0 amide bonds. The fraction of sp³-hybridized carbons (Fsp3) is 0.818. The maximum atomic E-state index is 11.2. The molecular weight excluding hydrogens is 296 g/mol. The Hall–Kier alpha value is -0.600. The lowest BCUT2D eigenvalue weighted by molar-refractivity contribution is -0.168. The molecule has 2 heteroatoms. The van der Waals surface area contributed by atoms with Crippen LogP contribution in [-0.4, -0.2) is 22.4 Å². The molecule has 0 aromatic carbocycles. The van der Waals surface area contributed by atoms with Crippen molar-refractivity contribution in [3.63, 3.8) is 0 Å². The van der Waals surface area contributed by atoms with Gasteiger partial charge in [-0.15, -0.1) is 0 Å². The summed E-state index contributed by atoms with van der Waals surface area (Å²) >= 11 is 0. The molecule has 138 valence electrons. The van der Waals surface area contributed by atoms with Crippen LogP contribution in [-0.2, 0) is 0 Å². The molecule has 0 bridgehead atoms. The summed E-state index contributed by atoms with van der Waals surface area (Å²) in [6.45, 7) is 11.7. The van der Waals surface area contributed by atoms with Gasteiger partial charge in [0.05, 0.1) is 12.2 Å². The largest absolute Gasteiger partial charge is 0.392 e. The van der Waals surface area contributed by atoms with Gasteiger partial charge in [-0.05, 0) is 75.0 Å². The highest BCUT2D eigenvalue weighted by Crippen LogP contribution is 2.62. The molecule has 2 aliphatic carbocycles. The van der Waals surface area contributed by atoms with Crippen LogP contribution in [0.25, 0.3) is 0 Å². The number of rotatable bonds is 5. The number of hydrogen-bond donors (Lipinski definition) is 2. The Kier molecular flexibility index (Phi) is 6.03. The molecule has 2 rings (SSSR count). The lowest BCUT2D eigenvalue weighted by atomic mass is 9.45. The molecular formula is C22H38O2. The van der Waals surface area contributed by atoms with Gasteiger partial charge in [0.15, 0.2) is 0 Å². The predicted octanol–water partition coefficient (Wildman–Crippen LogP) is 5.26. The van der Waals surface area contributed by atoms with Crippen molar-refractivity contribution in [2.45, 2.75) is 85.2 Å². The van der Waals surface area contributed by atoms with Crippen molar-refractivity contribution in [1.29, 1.82) is 0 Å². The molecule has 2 fully saturated rings. The van der Waals surface area contributed by atoms with Crippen molar-refractivity contribution in [3.05, 3.63) is 23.8 Å². The van der Waals surface area contributed by atoms with E-state index in [0.717, 1.165) is 25.2 Å². The number of allylic oxidation sites excluding steroid dienone is 3. The van der Waals surface area contributed by atoms with Gasteiger partial charge in [-0.3, -0.25) is 0 Å². The summed E-state index contributed by atoms with van der Waals surface area (Å²) in [5.41, 5.74) is 1.44. The van der Waals surface area contributed by atoms with Gasteiger partial charge in [-0.1, -0.05) is 51.0 Å². The Morgan fingerprint density at radius 1 is 1.12 bits per heavy atom. The van der Waals surface area contributed by atoms with Crippen molar-refractivity contribution >= 4 is 0 Å². The van der Waals surface area contributed by atoms with E-state index in [2.05, 4.69) is 40.7 Å². The Morgan fingerprint density at radius 2 is 1.83 bits per heavy atom. The van der Waals surface area contributed by atoms with Crippen molar-refractivity contribution in [2.24, 2.45) is 22.7 Å². The first-order valence-electron chi connectivity index (χ1n) is 9.79. The van der Waals surface area contributed by atoms with E-state index in [1.807, 2.05) is 6.08 Å². The summed E-state index contributed by atoms with van der Waals surface area (Å²) in [4.78, 5) is 0. The van der Waals surface area contributed by atoms with Crippen LogP contribution in [0.5, 0.6) is 0 Å². The second-order valence-corrected chi connectivity index (χ2v) is 9.51. The van der Waals surface area contributed by atoms with Gasteiger partial charge in [0.2, 0.25) is 0 Å². The minimum atomic E-state index is -0.542. The first-order valence-corrected chi connectivity index (χ1v) is 9.79. The van der Waals surface area contributed by atoms with Gasteiger partial charge >= 0.3 is 0 Å². The third-order valence-corrected chi connectivity index (χ3v) is 7.21. The van der Waals surface area contributed by atoms with Crippen LogP contribution < -0.4 is 0 Å². The monoisotopic (exact) mass is 334 g/mol. The molecule has 0 saturated heterocycles. The first-order chi connectivity index (χ1) is 11.1. The van der Waals surface area contributed by atoms with E-state index >= 15 is 0 Å². The Morgan fingerprint density at radius 3 is 2.50 bits per heavy atom. The van der Waals surface area contributed by atoms with Crippen molar-refractivity contribution in [2.75, 3.05) is 6.61 Å². The zero-order valence-electron chi connectivity index (χ0n) is 16.4. The van der Waals surface area contributed by atoms with Gasteiger partial charge in [0, 0.05) is 0 Å². The van der Waals surface area contributed by atoms with Crippen molar-refractivity contribution in [3.8, 4) is 0 Å². The molecule has 0 spiro atoms. The first kappa shape index (κ1) is 19.7. The standard InChI is InChI=1S/C22H38O2/c1-17(9-6-7-16-23)10-11-19-21(4)14-8-13-20(2,3)18(21)12-15-22(19,5)24/h6-7,9,18-19,23-24H,8,10-16H2,1-5H3/b7-6?,17-9+. The molecule has 0 aromatic heterocycles. The van der Waals surface area contributed by atoms with Crippen LogP contribution in [0.15, 0.2) is 23.8 Å². The summed E-state index contributed by atoms with van der Waals surface area (Å²) in [5.74, 6) is 1.09. The highest BCUT2D eigenvalue weighted by atomic mass is 16.3. The lowest BCUT2D eigenvalue weighted by Crippen LogP contribution is -2.57. The molecule has 2 saturated carbocycles. The molecule has 2 aliphatic rings. The van der Waals surface area contributed by atoms with Crippen LogP contribution in [0.1, 0.15) is 79.6 Å². The molecule has 2 nitrogen and oxygen atoms in total. The van der Waals surface area contributed by atoms with Crippen LogP contribution >= 0.6 is 0 Å². The summed E-state index contributed by atoms with van der Waals surface area (Å²) in [6.07, 6.45) is 13.9. The minimum absolute atomic E-state index is 0.0932. The Bertz CT molecular complexity index is 486. The van der Waals surface area contributed by atoms with Crippen LogP contribution in [0.3, 0.4) is 0 Å². The second kappa shape index (κ2) is 7.33.